The number of aliphatic hydroxyl groups excluding tert-OH is 1. The highest BCUT2D eigenvalue weighted by atomic mass is 32.2. The molecule has 0 bridgehead atoms. The highest BCUT2D eigenvalue weighted by Crippen LogP contribution is 2.29. The molecule has 1 aliphatic rings. The molecule has 1 aromatic carbocycles. The maximum Gasteiger partial charge on any atom is 0.258 e. The number of nitrogens with one attached hydrogen (secondary N) is 1. The molecular formula is C32H50N4O7S2. The van der Waals surface area contributed by atoms with Gasteiger partial charge in [-0.05, 0) is 89.8 Å². The summed E-state index contributed by atoms with van der Waals surface area (Å²) in [4.78, 5) is 30.5. The van der Waals surface area contributed by atoms with Gasteiger partial charge in [0.2, 0.25) is 5.91 Å². The number of aliphatic hydroxyl groups is 1. The van der Waals surface area contributed by atoms with Crippen molar-refractivity contribution < 1.29 is 32.6 Å². The number of sulfonamides is 1. The van der Waals surface area contributed by atoms with Crippen molar-refractivity contribution in [2.75, 3.05) is 59.3 Å². The number of nitrogens with zero attached hydrogens (tertiary/aromatic N) is 3. The van der Waals surface area contributed by atoms with E-state index in [1.807, 2.05) is 32.8 Å². The van der Waals surface area contributed by atoms with Gasteiger partial charge in [0.15, 0.2) is 0 Å². The van der Waals surface area contributed by atoms with E-state index in [9.17, 15) is 23.1 Å². The van der Waals surface area contributed by atoms with Crippen LogP contribution in [0.2, 0.25) is 0 Å². The number of carbonyl (C=O) groups is 2. The van der Waals surface area contributed by atoms with E-state index < -0.39 is 22.2 Å². The van der Waals surface area contributed by atoms with Gasteiger partial charge in [-0.1, -0.05) is 13.0 Å². The fourth-order valence-electron chi connectivity index (χ4n) is 5.16. The lowest BCUT2D eigenvalue weighted by molar-refractivity contribution is -0.116. The van der Waals surface area contributed by atoms with Gasteiger partial charge in [0.25, 0.3) is 15.9 Å². The standard InChI is InChI=1S/C32H50N4O7S2/c1-23-20-36(24(2)22-37)32(39)27-19-26(33-30(38)12-9-16-34(4)5)14-15-28(27)43-25(3)11-7-8-17-42-29(23)21-35(6)45(40,41)31-13-10-18-44-31/h10,13-15,18-19,23-25,29,37H,7-9,11-12,16-17,20-22H2,1-6H3,(H,33,38)/t23-,24+,25+,29+/m0/s1. The Morgan fingerprint density at radius 2 is 1.96 bits per heavy atom. The predicted molar refractivity (Wildman–Crippen MR) is 177 cm³/mol. The molecule has 0 aliphatic carbocycles. The molecule has 0 spiro atoms. The molecule has 2 amide bonds. The summed E-state index contributed by atoms with van der Waals surface area (Å²) in [6.07, 6.45) is 2.67. The van der Waals surface area contributed by atoms with Crippen molar-refractivity contribution in [3.8, 4) is 5.75 Å². The number of carbonyl (C=O) groups excluding carboxylic acids is 2. The number of hydrogen-bond acceptors (Lipinski definition) is 9. The van der Waals surface area contributed by atoms with E-state index in [4.69, 9.17) is 9.47 Å². The second kappa shape index (κ2) is 17.4. The van der Waals surface area contributed by atoms with Crippen LogP contribution in [0.5, 0.6) is 5.75 Å². The quantitative estimate of drug-likeness (QED) is 0.366. The molecule has 3 rings (SSSR count). The first kappa shape index (κ1) is 36.9. The van der Waals surface area contributed by atoms with E-state index in [1.165, 1.54) is 4.31 Å². The van der Waals surface area contributed by atoms with Gasteiger partial charge in [0, 0.05) is 44.8 Å². The highest BCUT2D eigenvalue weighted by molar-refractivity contribution is 7.91. The van der Waals surface area contributed by atoms with Crippen molar-refractivity contribution in [3.63, 3.8) is 0 Å². The van der Waals surface area contributed by atoms with E-state index in [0.29, 0.717) is 30.9 Å². The van der Waals surface area contributed by atoms with Crippen LogP contribution in [0, 0.1) is 5.92 Å². The number of hydrogen-bond donors (Lipinski definition) is 2. The minimum Gasteiger partial charge on any atom is -0.490 e. The molecule has 45 heavy (non-hydrogen) atoms. The van der Waals surface area contributed by atoms with Gasteiger partial charge < -0.3 is 29.7 Å². The van der Waals surface area contributed by atoms with Crippen LogP contribution < -0.4 is 10.1 Å². The SMILES string of the molecule is C[C@@H]1CCCCO[C@H](CN(C)S(=O)(=O)c2cccs2)[C@@H](C)CN([C@H](C)CO)C(=O)c2cc(NC(=O)CCCN(C)C)ccc2O1. The van der Waals surface area contributed by atoms with Gasteiger partial charge in [-0.15, -0.1) is 11.3 Å². The first-order chi connectivity index (χ1) is 21.3. The van der Waals surface area contributed by atoms with Gasteiger partial charge >= 0.3 is 0 Å². The number of fused-ring (bicyclic) bond motifs is 1. The third-order valence-electron chi connectivity index (χ3n) is 7.94. The van der Waals surface area contributed by atoms with Gasteiger partial charge in [-0.2, -0.15) is 4.31 Å². The molecule has 0 saturated heterocycles. The van der Waals surface area contributed by atoms with Crippen LogP contribution in [-0.4, -0.2) is 112 Å². The largest absolute Gasteiger partial charge is 0.490 e. The summed E-state index contributed by atoms with van der Waals surface area (Å²) in [7, 11) is 1.76. The lowest BCUT2D eigenvalue weighted by Gasteiger charge is -2.35. The smallest absolute Gasteiger partial charge is 0.258 e. The second-order valence-corrected chi connectivity index (χ2v) is 15.4. The van der Waals surface area contributed by atoms with E-state index in [2.05, 4.69) is 5.32 Å². The number of amides is 2. The van der Waals surface area contributed by atoms with Crippen molar-refractivity contribution in [2.45, 2.75) is 75.3 Å². The molecule has 0 fully saturated rings. The Hall–Kier alpha value is -2.55. The van der Waals surface area contributed by atoms with Crippen LogP contribution in [0.25, 0.3) is 0 Å². The zero-order chi connectivity index (χ0) is 33.1. The molecule has 1 aromatic heterocycles. The van der Waals surface area contributed by atoms with Crippen LogP contribution >= 0.6 is 11.3 Å². The minimum absolute atomic E-state index is 0.108. The van der Waals surface area contributed by atoms with Crippen molar-refractivity contribution in [1.82, 2.24) is 14.1 Å². The van der Waals surface area contributed by atoms with Crippen molar-refractivity contribution in [3.05, 3.63) is 41.3 Å². The topological polar surface area (TPSA) is 129 Å². The average molecular weight is 667 g/mol. The van der Waals surface area contributed by atoms with E-state index in [0.717, 1.165) is 37.1 Å². The minimum atomic E-state index is -3.70. The lowest BCUT2D eigenvalue weighted by Crippen LogP contribution is -2.48. The van der Waals surface area contributed by atoms with Crippen molar-refractivity contribution in [1.29, 1.82) is 0 Å². The normalized spacial score (nSPS) is 21.2. The molecule has 0 radical (unpaired) electrons. The molecule has 252 valence electrons. The summed E-state index contributed by atoms with van der Waals surface area (Å²) in [5, 5.41) is 14.8. The Balaban J connectivity index is 1.92. The first-order valence-electron chi connectivity index (χ1n) is 15.6. The summed E-state index contributed by atoms with van der Waals surface area (Å²) < 4.78 is 40.5. The van der Waals surface area contributed by atoms with Gasteiger partial charge in [0.05, 0.1) is 30.4 Å². The van der Waals surface area contributed by atoms with E-state index in [-0.39, 0.29) is 53.3 Å². The number of thiophene rings is 1. The molecule has 11 nitrogen and oxygen atoms in total. The Labute approximate surface area is 272 Å². The fourth-order valence-corrected chi connectivity index (χ4v) is 7.54. The number of ether oxygens (including phenoxy) is 2. The summed E-state index contributed by atoms with van der Waals surface area (Å²) in [6, 6.07) is 7.83. The number of anilines is 1. The van der Waals surface area contributed by atoms with Gasteiger partial charge in [0.1, 0.15) is 9.96 Å². The molecule has 2 heterocycles. The lowest BCUT2D eigenvalue weighted by atomic mass is 10.0. The first-order valence-corrected chi connectivity index (χ1v) is 17.9. The maximum absolute atomic E-state index is 14.3. The zero-order valence-electron chi connectivity index (χ0n) is 27.4. The number of likely N-dealkylation sites (N-methyl/N-ethyl adjacent to an activating group) is 1. The third-order valence-corrected chi connectivity index (χ3v) is 11.1. The third kappa shape index (κ3) is 10.8. The highest BCUT2D eigenvalue weighted by Gasteiger charge is 2.32. The molecule has 13 heteroatoms. The summed E-state index contributed by atoms with van der Waals surface area (Å²) >= 11 is 1.16. The Morgan fingerprint density at radius 1 is 1.20 bits per heavy atom. The number of benzene rings is 1. The molecular weight excluding hydrogens is 617 g/mol. The monoisotopic (exact) mass is 666 g/mol. The van der Waals surface area contributed by atoms with Crippen LogP contribution in [0.15, 0.2) is 39.9 Å². The van der Waals surface area contributed by atoms with Crippen LogP contribution in [-0.2, 0) is 19.6 Å². The number of rotatable bonds is 11. The molecule has 2 aromatic rings. The summed E-state index contributed by atoms with van der Waals surface area (Å²) in [5.74, 6) is -0.373. The van der Waals surface area contributed by atoms with Crippen LogP contribution in [0.1, 0.15) is 63.2 Å². The Kier molecular flexibility index (Phi) is 14.3. The van der Waals surface area contributed by atoms with Gasteiger partial charge in [-0.25, -0.2) is 8.42 Å². The van der Waals surface area contributed by atoms with Crippen molar-refractivity contribution in [2.24, 2.45) is 5.92 Å². The summed E-state index contributed by atoms with van der Waals surface area (Å²) in [5.41, 5.74) is 0.771. The molecule has 1 aliphatic heterocycles. The Bertz CT molecular complexity index is 1340. The maximum atomic E-state index is 14.3. The molecule has 0 saturated carbocycles. The molecule has 2 N–H and O–H groups in total. The average Bonchev–Trinajstić information content (AvgIpc) is 3.54. The molecule has 4 atom stereocenters. The van der Waals surface area contributed by atoms with E-state index >= 15 is 0 Å². The fraction of sp³-hybridized carbons (Fsp3) is 0.625. The zero-order valence-corrected chi connectivity index (χ0v) is 29.0. The second-order valence-electron chi connectivity index (χ2n) is 12.2. The van der Waals surface area contributed by atoms with Crippen molar-refractivity contribution >= 4 is 38.9 Å². The Morgan fingerprint density at radius 3 is 2.62 bits per heavy atom. The summed E-state index contributed by atoms with van der Waals surface area (Å²) in [6.45, 7) is 6.90. The van der Waals surface area contributed by atoms with Crippen LogP contribution in [0.4, 0.5) is 5.69 Å². The predicted octanol–water partition coefficient (Wildman–Crippen LogP) is 4.14. The van der Waals surface area contributed by atoms with E-state index in [1.54, 1.807) is 54.6 Å². The van der Waals surface area contributed by atoms with Gasteiger partial charge in [-0.3, -0.25) is 9.59 Å². The molecule has 0 unspecified atom stereocenters. The van der Waals surface area contributed by atoms with Crippen LogP contribution in [0.3, 0.4) is 0 Å².